The molecule has 0 saturated carbocycles. The molecule has 1 aliphatic rings. The molecular weight excluding hydrogens is 258 g/mol. The Labute approximate surface area is 117 Å². The monoisotopic (exact) mass is 277 g/mol. The topological polar surface area (TPSA) is 49.9 Å². The Bertz CT molecular complexity index is 549. The van der Waals surface area contributed by atoms with Crippen LogP contribution in [-0.2, 0) is 6.54 Å². The maximum atomic E-state index is 5.22. The summed E-state index contributed by atoms with van der Waals surface area (Å²) in [4.78, 5) is 7.94. The minimum absolute atomic E-state index is 0.626. The first-order chi connectivity index (χ1) is 9.35. The van der Waals surface area contributed by atoms with E-state index < -0.39 is 0 Å². The lowest BCUT2D eigenvalue weighted by atomic mass is 10.2. The Morgan fingerprint density at radius 2 is 2.47 bits per heavy atom. The van der Waals surface area contributed by atoms with E-state index in [0.717, 1.165) is 29.2 Å². The van der Waals surface area contributed by atoms with Gasteiger partial charge in [0, 0.05) is 17.9 Å². The third-order valence-electron chi connectivity index (χ3n) is 3.46. The Balaban J connectivity index is 1.67. The molecular formula is C14H19N3OS. The summed E-state index contributed by atoms with van der Waals surface area (Å²) in [5.74, 6) is 4.38. The second kappa shape index (κ2) is 5.84. The molecule has 0 aliphatic carbocycles. The summed E-state index contributed by atoms with van der Waals surface area (Å²) in [5, 5.41) is 3.58. The van der Waals surface area contributed by atoms with Gasteiger partial charge in [0.05, 0.1) is 24.7 Å². The largest absolute Gasteiger partial charge is 0.497 e. The van der Waals surface area contributed by atoms with Gasteiger partial charge in [-0.3, -0.25) is 0 Å². The first-order valence-electron chi connectivity index (χ1n) is 6.69. The number of hydrogen-bond donors (Lipinski definition) is 2. The predicted molar refractivity (Wildman–Crippen MR) is 79.8 cm³/mol. The van der Waals surface area contributed by atoms with Crippen molar-refractivity contribution in [3.8, 4) is 5.75 Å². The van der Waals surface area contributed by atoms with Crippen molar-refractivity contribution >= 4 is 22.8 Å². The number of aromatic amines is 1. The van der Waals surface area contributed by atoms with Crippen LogP contribution in [0.3, 0.4) is 0 Å². The molecule has 0 radical (unpaired) electrons. The zero-order chi connectivity index (χ0) is 13.1. The van der Waals surface area contributed by atoms with Crippen LogP contribution in [-0.4, -0.2) is 34.6 Å². The fourth-order valence-corrected chi connectivity index (χ4v) is 3.50. The zero-order valence-electron chi connectivity index (χ0n) is 11.1. The Hall–Kier alpha value is -1.20. The molecule has 5 heteroatoms. The van der Waals surface area contributed by atoms with Crippen molar-refractivity contribution in [2.24, 2.45) is 0 Å². The average Bonchev–Trinajstić information content (AvgIpc) is 2.88. The molecule has 2 aromatic rings. The number of rotatable bonds is 4. The Kier molecular flexibility index (Phi) is 3.94. The second-order valence-corrected chi connectivity index (χ2v) is 6.01. The molecule has 1 aromatic heterocycles. The highest BCUT2D eigenvalue weighted by molar-refractivity contribution is 7.99. The molecule has 1 fully saturated rings. The highest BCUT2D eigenvalue weighted by atomic mass is 32.2. The van der Waals surface area contributed by atoms with E-state index >= 15 is 0 Å². The van der Waals surface area contributed by atoms with Gasteiger partial charge in [-0.15, -0.1) is 0 Å². The number of thioether (sulfide) groups is 1. The van der Waals surface area contributed by atoms with Gasteiger partial charge in [-0.25, -0.2) is 4.98 Å². The van der Waals surface area contributed by atoms with Crippen LogP contribution in [0.25, 0.3) is 11.0 Å². The number of benzene rings is 1. The minimum atomic E-state index is 0.626. The number of methoxy groups -OCH3 is 1. The second-order valence-electron chi connectivity index (χ2n) is 4.86. The standard InChI is InChI=1S/C14H19N3OS/c1-18-11-4-5-12-13(7-11)17-14(16-12)8-15-10-3-2-6-19-9-10/h4-5,7,10,15H,2-3,6,8-9H2,1H3,(H,16,17)/t10-/m0/s1. The van der Waals surface area contributed by atoms with Gasteiger partial charge in [0.25, 0.3) is 0 Å². The number of fused-ring (bicyclic) bond motifs is 1. The quantitative estimate of drug-likeness (QED) is 0.902. The summed E-state index contributed by atoms with van der Waals surface area (Å²) in [6.07, 6.45) is 2.60. The number of nitrogens with zero attached hydrogens (tertiary/aromatic N) is 1. The van der Waals surface area contributed by atoms with Gasteiger partial charge < -0.3 is 15.0 Å². The van der Waals surface area contributed by atoms with E-state index in [-0.39, 0.29) is 0 Å². The van der Waals surface area contributed by atoms with E-state index in [1.807, 2.05) is 30.0 Å². The summed E-state index contributed by atoms with van der Waals surface area (Å²) in [7, 11) is 1.68. The van der Waals surface area contributed by atoms with Crippen LogP contribution >= 0.6 is 11.8 Å². The molecule has 0 spiro atoms. The molecule has 19 heavy (non-hydrogen) atoms. The summed E-state index contributed by atoms with van der Waals surface area (Å²) in [6, 6.07) is 6.55. The number of ether oxygens (including phenoxy) is 1. The molecule has 1 atom stereocenters. The molecule has 2 N–H and O–H groups in total. The SMILES string of the molecule is COc1ccc2nc(CN[C@H]3CCCSC3)[nH]c2c1. The van der Waals surface area contributed by atoms with Crippen molar-refractivity contribution in [2.45, 2.75) is 25.4 Å². The molecule has 102 valence electrons. The number of aromatic nitrogens is 2. The number of H-pyrrole nitrogens is 1. The number of nitrogens with one attached hydrogen (secondary N) is 2. The molecule has 0 bridgehead atoms. The third-order valence-corrected chi connectivity index (χ3v) is 4.67. The van der Waals surface area contributed by atoms with E-state index in [2.05, 4.69) is 15.3 Å². The predicted octanol–water partition coefficient (Wildman–Crippen LogP) is 2.56. The van der Waals surface area contributed by atoms with Gasteiger partial charge in [-0.1, -0.05) is 0 Å². The molecule has 1 saturated heterocycles. The first kappa shape index (κ1) is 12.8. The normalized spacial score (nSPS) is 19.7. The average molecular weight is 277 g/mol. The van der Waals surface area contributed by atoms with E-state index in [1.54, 1.807) is 7.11 Å². The van der Waals surface area contributed by atoms with Crippen LogP contribution < -0.4 is 10.1 Å². The summed E-state index contributed by atoms with van der Waals surface area (Å²) in [6.45, 7) is 0.808. The highest BCUT2D eigenvalue weighted by Crippen LogP contribution is 2.20. The van der Waals surface area contributed by atoms with Crippen molar-refractivity contribution in [2.75, 3.05) is 18.6 Å². The maximum Gasteiger partial charge on any atom is 0.121 e. The summed E-state index contributed by atoms with van der Waals surface area (Å²) >= 11 is 2.04. The number of hydrogen-bond acceptors (Lipinski definition) is 4. The van der Waals surface area contributed by atoms with Crippen LogP contribution in [0.2, 0.25) is 0 Å². The van der Waals surface area contributed by atoms with Crippen LogP contribution in [0.1, 0.15) is 18.7 Å². The summed E-state index contributed by atoms with van der Waals surface area (Å²) in [5.41, 5.74) is 2.03. The van der Waals surface area contributed by atoms with Gasteiger partial charge in [0.15, 0.2) is 0 Å². The lowest BCUT2D eigenvalue weighted by Gasteiger charge is -2.21. The van der Waals surface area contributed by atoms with Gasteiger partial charge in [-0.2, -0.15) is 11.8 Å². The van der Waals surface area contributed by atoms with E-state index in [9.17, 15) is 0 Å². The first-order valence-corrected chi connectivity index (χ1v) is 7.84. The fraction of sp³-hybridized carbons (Fsp3) is 0.500. The Morgan fingerprint density at radius 3 is 3.26 bits per heavy atom. The van der Waals surface area contributed by atoms with Gasteiger partial charge in [-0.05, 0) is 30.7 Å². The maximum absolute atomic E-state index is 5.22. The van der Waals surface area contributed by atoms with E-state index in [1.165, 1.54) is 24.3 Å². The number of imidazole rings is 1. The van der Waals surface area contributed by atoms with E-state index in [4.69, 9.17) is 4.74 Å². The summed E-state index contributed by atoms with van der Waals surface area (Å²) < 4.78 is 5.22. The lowest BCUT2D eigenvalue weighted by Crippen LogP contribution is -2.33. The molecule has 0 amide bonds. The fourth-order valence-electron chi connectivity index (χ4n) is 2.39. The lowest BCUT2D eigenvalue weighted by molar-refractivity contribution is 0.415. The van der Waals surface area contributed by atoms with Gasteiger partial charge in [0.2, 0.25) is 0 Å². The van der Waals surface area contributed by atoms with Crippen molar-refractivity contribution < 1.29 is 4.74 Å². The van der Waals surface area contributed by atoms with Crippen LogP contribution in [0.4, 0.5) is 0 Å². The molecule has 1 aromatic carbocycles. The van der Waals surface area contributed by atoms with Crippen molar-refractivity contribution in [1.82, 2.24) is 15.3 Å². The molecule has 0 unspecified atom stereocenters. The van der Waals surface area contributed by atoms with E-state index in [0.29, 0.717) is 6.04 Å². The van der Waals surface area contributed by atoms with Gasteiger partial charge >= 0.3 is 0 Å². The van der Waals surface area contributed by atoms with Crippen LogP contribution in [0.15, 0.2) is 18.2 Å². The van der Waals surface area contributed by atoms with Crippen LogP contribution in [0.5, 0.6) is 5.75 Å². The Morgan fingerprint density at radius 1 is 1.53 bits per heavy atom. The minimum Gasteiger partial charge on any atom is -0.497 e. The third kappa shape index (κ3) is 3.04. The van der Waals surface area contributed by atoms with Crippen LogP contribution in [0, 0.1) is 0 Å². The smallest absolute Gasteiger partial charge is 0.121 e. The zero-order valence-corrected chi connectivity index (χ0v) is 11.9. The van der Waals surface area contributed by atoms with Crippen molar-refractivity contribution in [1.29, 1.82) is 0 Å². The molecule has 4 nitrogen and oxygen atoms in total. The molecule has 2 heterocycles. The molecule has 3 rings (SSSR count). The highest BCUT2D eigenvalue weighted by Gasteiger charge is 2.13. The van der Waals surface area contributed by atoms with Gasteiger partial charge in [0.1, 0.15) is 11.6 Å². The van der Waals surface area contributed by atoms with Crippen molar-refractivity contribution in [3.63, 3.8) is 0 Å². The van der Waals surface area contributed by atoms with Crippen molar-refractivity contribution in [3.05, 3.63) is 24.0 Å². The molecule has 1 aliphatic heterocycles.